The zero-order valence-corrected chi connectivity index (χ0v) is 15.3. The van der Waals surface area contributed by atoms with Gasteiger partial charge in [0.15, 0.2) is 5.96 Å². The normalized spacial score (nSPS) is 11.2. The molecule has 2 rings (SSSR count). The van der Waals surface area contributed by atoms with Crippen molar-refractivity contribution >= 4 is 23.5 Å². The number of nitrogens with two attached hydrogens (primary N) is 1. The maximum atomic E-state index is 11.3. The Morgan fingerprint density at radius 1 is 1.24 bits per heavy atom. The van der Waals surface area contributed by atoms with Crippen LogP contribution in [0, 0.1) is 0 Å². The van der Waals surface area contributed by atoms with Crippen LogP contribution in [0.2, 0.25) is 5.02 Å². The Morgan fingerprint density at radius 2 is 2.00 bits per heavy atom. The van der Waals surface area contributed by atoms with Gasteiger partial charge in [0.25, 0.3) is 0 Å². The van der Waals surface area contributed by atoms with Crippen LogP contribution in [-0.2, 0) is 13.1 Å². The molecule has 0 radical (unpaired) electrons. The van der Waals surface area contributed by atoms with Gasteiger partial charge >= 0.3 is 0 Å². The van der Waals surface area contributed by atoms with Crippen molar-refractivity contribution in [3.05, 3.63) is 70.2 Å². The van der Waals surface area contributed by atoms with E-state index in [0.29, 0.717) is 18.7 Å². The molecular formula is C19H23ClN4O. The molecule has 0 bridgehead atoms. The highest BCUT2D eigenvalue weighted by Gasteiger charge is 2.09. The Kier molecular flexibility index (Phi) is 6.83. The zero-order valence-electron chi connectivity index (χ0n) is 14.5. The fourth-order valence-electron chi connectivity index (χ4n) is 2.42. The van der Waals surface area contributed by atoms with Crippen LogP contribution in [0.3, 0.4) is 0 Å². The number of carbonyl (C=O) groups is 1. The summed E-state index contributed by atoms with van der Waals surface area (Å²) in [4.78, 5) is 18.0. The fourth-order valence-corrected chi connectivity index (χ4v) is 2.61. The van der Waals surface area contributed by atoms with Crippen LogP contribution in [0.4, 0.5) is 0 Å². The number of benzene rings is 2. The van der Waals surface area contributed by atoms with Crippen molar-refractivity contribution in [3.63, 3.8) is 0 Å². The van der Waals surface area contributed by atoms with Crippen molar-refractivity contribution in [2.24, 2.45) is 10.7 Å². The minimum absolute atomic E-state index is 0.437. The second-order valence-electron chi connectivity index (χ2n) is 5.68. The Balaban J connectivity index is 2.13. The molecule has 3 N–H and O–H groups in total. The highest BCUT2D eigenvalue weighted by atomic mass is 35.5. The summed E-state index contributed by atoms with van der Waals surface area (Å²) in [5.41, 5.74) is 7.78. The van der Waals surface area contributed by atoms with Crippen LogP contribution in [0.15, 0.2) is 53.5 Å². The zero-order chi connectivity index (χ0) is 18.2. The van der Waals surface area contributed by atoms with Gasteiger partial charge in [-0.05, 0) is 36.2 Å². The van der Waals surface area contributed by atoms with E-state index in [1.807, 2.05) is 55.3 Å². The first-order valence-corrected chi connectivity index (χ1v) is 8.50. The standard InChI is InChI=1S/C19H23ClN4O/c1-3-22-19(24(2)13-16-8-4-5-10-17(16)20)23-12-14-7-6-9-15(11-14)18(21)25/h4-11H,3,12-13H2,1-2H3,(H2,21,25)(H,22,23). The van der Waals surface area contributed by atoms with Gasteiger partial charge in [0.1, 0.15) is 0 Å². The minimum Gasteiger partial charge on any atom is -0.366 e. The van der Waals surface area contributed by atoms with E-state index in [4.69, 9.17) is 17.3 Å². The maximum Gasteiger partial charge on any atom is 0.248 e. The molecular weight excluding hydrogens is 336 g/mol. The van der Waals surface area contributed by atoms with E-state index in [0.717, 1.165) is 28.7 Å². The third-order valence-electron chi connectivity index (χ3n) is 3.68. The molecule has 0 atom stereocenters. The molecule has 0 aliphatic rings. The molecule has 0 spiro atoms. The Morgan fingerprint density at radius 3 is 2.68 bits per heavy atom. The SMILES string of the molecule is CCNC(=NCc1cccc(C(N)=O)c1)N(C)Cc1ccccc1Cl. The van der Waals surface area contributed by atoms with Crippen LogP contribution in [-0.4, -0.2) is 30.4 Å². The molecule has 0 unspecified atom stereocenters. The molecule has 0 heterocycles. The third kappa shape index (κ3) is 5.50. The van der Waals surface area contributed by atoms with Gasteiger partial charge < -0.3 is 16.0 Å². The van der Waals surface area contributed by atoms with Crippen LogP contribution < -0.4 is 11.1 Å². The van der Waals surface area contributed by atoms with E-state index in [1.54, 1.807) is 12.1 Å². The first-order valence-electron chi connectivity index (χ1n) is 8.13. The van der Waals surface area contributed by atoms with Crippen LogP contribution in [0.5, 0.6) is 0 Å². The van der Waals surface area contributed by atoms with Crippen molar-refractivity contribution < 1.29 is 4.79 Å². The number of carbonyl (C=O) groups excluding carboxylic acids is 1. The second-order valence-corrected chi connectivity index (χ2v) is 6.09. The molecule has 0 aliphatic heterocycles. The molecule has 0 saturated heterocycles. The lowest BCUT2D eigenvalue weighted by Gasteiger charge is -2.22. The Hall–Kier alpha value is -2.53. The first kappa shape index (κ1) is 18.8. The summed E-state index contributed by atoms with van der Waals surface area (Å²) in [5.74, 6) is 0.334. The van der Waals surface area contributed by atoms with E-state index < -0.39 is 5.91 Å². The summed E-state index contributed by atoms with van der Waals surface area (Å²) in [5, 5.41) is 4.01. The second kappa shape index (κ2) is 9.08. The molecule has 0 aromatic heterocycles. The van der Waals surface area contributed by atoms with Crippen molar-refractivity contribution in [1.82, 2.24) is 10.2 Å². The lowest BCUT2D eigenvalue weighted by molar-refractivity contribution is 0.1000. The quantitative estimate of drug-likeness (QED) is 0.616. The topological polar surface area (TPSA) is 70.7 Å². The molecule has 0 fully saturated rings. The molecule has 5 nitrogen and oxygen atoms in total. The summed E-state index contributed by atoms with van der Waals surface area (Å²) in [6, 6.07) is 15.0. The van der Waals surface area contributed by atoms with Crippen molar-refractivity contribution in [2.75, 3.05) is 13.6 Å². The minimum atomic E-state index is -0.437. The number of amides is 1. The molecule has 132 valence electrons. The smallest absolute Gasteiger partial charge is 0.248 e. The van der Waals surface area contributed by atoms with Crippen LogP contribution in [0.1, 0.15) is 28.4 Å². The van der Waals surface area contributed by atoms with Gasteiger partial charge in [0, 0.05) is 30.7 Å². The van der Waals surface area contributed by atoms with Gasteiger partial charge in [-0.25, -0.2) is 4.99 Å². The summed E-state index contributed by atoms with van der Waals surface area (Å²) in [7, 11) is 1.96. The van der Waals surface area contributed by atoms with Gasteiger partial charge in [0.2, 0.25) is 5.91 Å². The number of nitrogens with zero attached hydrogens (tertiary/aromatic N) is 2. The molecule has 6 heteroatoms. The van der Waals surface area contributed by atoms with E-state index in [1.165, 1.54) is 0 Å². The fraction of sp³-hybridized carbons (Fsp3) is 0.263. The van der Waals surface area contributed by atoms with E-state index in [9.17, 15) is 4.79 Å². The molecule has 2 aromatic rings. The lowest BCUT2D eigenvalue weighted by atomic mass is 10.1. The molecule has 0 saturated carbocycles. The van der Waals surface area contributed by atoms with Crippen molar-refractivity contribution in [2.45, 2.75) is 20.0 Å². The van der Waals surface area contributed by atoms with E-state index in [-0.39, 0.29) is 0 Å². The summed E-state index contributed by atoms with van der Waals surface area (Å²) < 4.78 is 0. The first-order chi connectivity index (χ1) is 12.0. The number of primary amides is 1. The van der Waals surface area contributed by atoms with Gasteiger partial charge in [-0.15, -0.1) is 0 Å². The van der Waals surface area contributed by atoms with Gasteiger partial charge in [0.05, 0.1) is 6.54 Å². The van der Waals surface area contributed by atoms with Crippen LogP contribution in [0.25, 0.3) is 0 Å². The lowest BCUT2D eigenvalue weighted by Crippen LogP contribution is -2.38. The average molecular weight is 359 g/mol. The van der Waals surface area contributed by atoms with Gasteiger partial charge in [-0.1, -0.05) is 41.9 Å². The number of rotatable bonds is 6. The average Bonchev–Trinajstić information content (AvgIpc) is 2.60. The van der Waals surface area contributed by atoms with Crippen molar-refractivity contribution in [3.8, 4) is 0 Å². The Bertz CT molecular complexity index is 761. The summed E-state index contributed by atoms with van der Waals surface area (Å²) in [6.45, 7) is 3.88. The van der Waals surface area contributed by atoms with Crippen molar-refractivity contribution in [1.29, 1.82) is 0 Å². The number of aliphatic imine (C=N–C) groups is 1. The number of halogens is 1. The molecule has 2 aromatic carbocycles. The predicted molar refractivity (Wildman–Crippen MR) is 103 cm³/mol. The van der Waals surface area contributed by atoms with E-state index >= 15 is 0 Å². The van der Waals surface area contributed by atoms with Gasteiger partial charge in [-0.3, -0.25) is 4.79 Å². The maximum absolute atomic E-state index is 11.3. The highest BCUT2D eigenvalue weighted by Crippen LogP contribution is 2.16. The number of guanidine groups is 1. The monoisotopic (exact) mass is 358 g/mol. The highest BCUT2D eigenvalue weighted by molar-refractivity contribution is 6.31. The number of hydrogen-bond acceptors (Lipinski definition) is 2. The number of hydrogen-bond donors (Lipinski definition) is 2. The molecule has 25 heavy (non-hydrogen) atoms. The third-order valence-corrected chi connectivity index (χ3v) is 4.05. The predicted octanol–water partition coefficient (Wildman–Crippen LogP) is 3.04. The largest absolute Gasteiger partial charge is 0.366 e. The summed E-state index contributed by atoms with van der Waals surface area (Å²) >= 11 is 6.24. The number of nitrogens with one attached hydrogen (secondary N) is 1. The van der Waals surface area contributed by atoms with Gasteiger partial charge in [-0.2, -0.15) is 0 Å². The van der Waals surface area contributed by atoms with E-state index in [2.05, 4.69) is 10.3 Å². The Labute approximate surface area is 153 Å². The summed E-state index contributed by atoms with van der Waals surface area (Å²) in [6.07, 6.45) is 0. The molecule has 0 aliphatic carbocycles. The van der Waals surface area contributed by atoms with Crippen LogP contribution >= 0.6 is 11.6 Å². The molecule has 1 amide bonds.